The average Bonchev–Trinajstić information content (AvgIpc) is 2.77. The van der Waals surface area contributed by atoms with Crippen LogP contribution in [0.15, 0.2) is 30.3 Å². The molecule has 0 aliphatic rings. The maximum Gasteiger partial charge on any atom is 0.0738 e. The van der Waals surface area contributed by atoms with Crippen molar-refractivity contribution in [1.29, 1.82) is 0 Å². The van der Waals surface area contributed by atoms with Gasteiger partial charge in [-0.05, 0) is 48.9 Å². The Morgan fingerprint density at radius 2 is 1.68 bits per heavy atom. The van der Waals surface area contributed by atoms with Crippen LogP contribution in [0.25, 0.3) is 0 Å². The number of thiophene rings is 1. The molecule has 0 N–H and O–H groups in total. The second-order valence-electron chi connectivity index (χ2n) is 5.23. The molecule has 1 aromatic carbocycles. The smallest absolute Gasteiger partial charge is 0.0738 e. The van der Waals surface area contributed by atoms with Crippen LogP contribution in [0.2, 0.25) is 0 Å². The highest BCUT2D eigenvalue weighted by Crippen LogP contribution is 2.37. The monoisotopic (exact) mass is 336 g/mol. The highest BCUT2D eigenvalue weighted by atomic mass is 79.9. The molecule has 2 unspecified atom stereocenters. The van der Waals surface area contributed by atoms with E-state index < -0.39 is 0 Å². The van der Waals surface area contributed by atoms with Crippen molar-refractivity contribution in [2.45, 2.75) is 44.9 Å². The minimum Gasteiger partial charge on any atom is -0.144 e. The van der Waals surface area contributed by atoms with Crippen LogP contribution in [0.4, 0.5) is 0 Å². The molecule has 0 saturated carbocycles. The van der Waals surface area contributed by atoms with Gasteiger partial charge in [0.2, 0.25) is 0 Å². The Bertz CT molecular complexity index is 519. The van der Waals surface area contributed by atoms with E-state index in [0.717, 1.165) is 0 Å². The third kappa shape index (κ3) is 3.29. The second-order valence-corrected chi connectivity index (χ2v) is 7.43. The molecular weight excluding hydrogens is 316 g/mol. The molecule has 2 heteroatoms. The first-order valence-electron chi connectivity index (χ1n) is 6.83. The Kier molecular flexibility index (Phi) is 4.86. The van der Waals surface area contributed by atoms with Crippen LogP contribution in [0, 0.1) is 13.8 Å². The minimum atomic E-state index is 0.316. The summed E-state index contributed by atoms with van der Waals surface area (Å²) in [6.07, 6.45) is 1.19. The number of hydrogen-bond donors (Lipinski definition) is 0. The van der Waals surface area contributed by atoms with Gasteiger partial charge in [0.1, 0.15) is 0 Å². The molecular formula is C17H21BrS. The molecule has 0 spiro atoms. The van der Waals surface area contributed by atoms with Crippen LogP contribution in [0.3, 0.4) is 0 Å². The maximum atomic E-state index is 3.83. The Morgan fingerprint density at radius 3 is 2.16 bits per heavy atom. The molecule has 19 heavy (non-hydrogen) atoms. The molecule has 0 saturated heterocycles. The van der Waals surface area contributed by atoms with Crippen molar-refractivity contribution in [3.63, 3.8) is 0 Å². The van der Waals surface area contributed by atoms with Gasteiger partial charge >= 0.3 is 0 Å². The van der Waals surface area contributed by atoms with Gasteiger partial charge in [0.05, 0.1) is 4.83 Å². The molecule has 0 fully saturated rings. The Labute approximate surface area is 129 Å². The van der Waals surface area contributed by atoms with E-state index >= 15 is 0 Å². The summed E-state index contributed by atoms with van der Waals surface area (Å²) >= 11 is 5.72. The lowest BCUT2D eigenvalue weighted by molar-refractivity contribution is 0.733. The fourth-order valence-corrected chi connectivity index (χ4v) is 3.89. The van der Waals surface area contributed by atoms with Gasteiger partial charge in [-0.15, -0.1) is 11.3 Å². The van der Waals surface area contributed by atoms with Crippen LogP contribution in [0.5, 0.6) is 0 Å². The number of benzene rings is 1. The first-order chi connectivity index (χ1) is 9.02. The Hall–Kier alpha value is -0.600. The van der Waals surface area contributed by atoms with Crippen molar-refractivity contribution in [3.05, 3.63) is 56.8 Å². The molecule has 2 aromatic rings. The summed E-state index contributed by atoms with van der Waals surface area (Å²) in [6.45, 7) is 8.89. The molecule has 2 rings (SSSR count). The number of hydrogen-bond acceptors (Lipinski definition) is 1. The standard InChI is InChI=1S/C17H21BrS/c1-5-11(2)14-6-8-15(9-7-14)17(18)16-10-12(3)13(4)19-16/h6-11,17H,5H2,1-4H3. The maximum absolute atomic E-state index is 3.83. The SMILES string of the molecule is CCC(C)c1ccc(C(Br)c2cc(C)c(C)s2)cc1. The largest absolute Gasteiger partial charge is 0.144 e. The van der Waals surface area contributed by atoms with Gasteiger partial charge < -0.3 is 0 Å². The van der Waals surface area contributed by atoms with E-state index in [4.69, 9.17) is 0 Å². The molecule has 0 nitrogen and oxygen atoms in total. The summed E-state index contributed by atoms with van der Waals surface area (Å²) in [5.74, 6) is 0.647. The number of aryl methyl sites for hydroxylation is 2. The lowest BCUT2D eigenvalue weighted by atomic mass is 9.97. The molecule has 1 aromatic heterocycles. The summed E-state index contributed by atoms with van der Waals surface area (Å²) in [6, 6.07) is 11.3. The fraction of sp³-hybridized carbons (Fsp3) is 0.412. The topological polar surface area (TPSA) is 0 Å². The molecule has 0 amide bonds. The summed E-state index contributed by atoms with van der Waals surface area (Å²) in [5, 5.41) is 0. The first-order valence-corrected chi connectivity index (χ1v) is 8.57. The van der Waals surface area contributed by atoms with E-state index in [9.17, 15) is 0 Å². The Morgan fingerprint density at radius 1 is 1.11 bits per heavy atom. The summed E-state index contributed by atoms with van der Waals surface area (Å²) < 4.78 is 0. The van der Waals surface area contributed by atoms with E-state index in [2.05, 4.69) is 74.0 Å². The van der Waals surface area contributed by atoms with E-state index in [1.165, 1.54) is 32.9 Å². The van der Waals surface area contributed by atoms with Crippen LogP contribution >= 0.6 is 27.3 Å². The zero-order valence-corrected chi connectivity index (χ0v) is 14.4. The summed E-state index contributed by atoms with van der Waals surface area (Å²) in [4.78, 5) is 3.12. The predicted molar refractivity (Wildman–Crippen MR) is 89.7 cm³/mol. The van der Waals surface area contributed by atoms with Crippen molar-refractivity contribution < 1.29 is 0 Å². The van der Waals surface area contributed by atoms with E-state index in [1.807, 2.05) is 11.3 Å². The van der Waals surface area contributed by atoms with Gasteiger partial charge in [0, 0.05) is 9.75 Å². The number of rotatable bonds is 4. The van der Waals surface area contributed by atoms with E-state index in [1.54, 1.807) is 0 Å². The van der Waals surface area contributed by atoms with Gasteiger partial charge in [0.15, 0.2) is 0 Å². The van der Waals surface area contributed by atoms with Crippen LogP contribution in [0.1, 0.15) is 57.5 Å². The van der Waals surface area contributed by atoms with Crippen molar-refractivity contribution in [1.82, 2.24) is 0 Å². The lowest BCUT2D eigenvalue weighted by Gasteiger charge is -2.12. The molecule has 2 atom stereocenters. The highest BCUT2D eigenvalue weighted by molar-refractivity contribution is 9.09. The quantitative estimate of drug-likeness (QED) is 0.569. The highest BCUT2D eigenvalue weighted by Gasteiger charge is 2.14. The second kappa shape index (κ2) is 6.23. The minimum absolute atomic E-state index is 0.316. The van der Waals surface area contributed by atoms with Gasteiger partial charge in [-0.3, -0.25) is 0 Å². The summed E-state index contributed by atoms with van der Waals surface area (Å²) in [7, 11) is 0. The number of alkyl halides is 1. The van der Waals surface area contributed by atoms with Gasteiger partial charge in [-0.2, -0.15) is 0 Å². The predicted octanol–water partition coefficient (Wildman–Crippen LogP) is 6.36. The zero-order chi connectivity index (χ0) is 14.0. The normalized spacial score (nSPS) is 14.4. The Balaban J connectivity index is 2.22. The molecule has 0 bridgehead atoms. The van der Waals surface area contributed by atoms with Crippen LogP contribution in [-0.2, 0) is 0 Å². The van der Waals surface area contributed by atoms with Gasteiger partial charge in [0.25, 0.3) is 0 Å². The van der Waals surface area contributed by atoms with E-state index in [-0.39, 0.29) is 0 Å². The third-order valence-electron chi connectivity index (χ3n) is 3.85. The first kappa shape index (κ1) is 14.8. The van der Waals surface area contributed by atoms with Crippen LogP contribution in [-0.4, -0.2) is 0 Å². The molecule has 0 aliphatic heterocycles. The van der Waals surface area contributed by atoms with Crippen LogP contribution < -0.4 is 0 Å². The van der Waals surface area contributed by atoms with Crippen molar-refractivity contribution >= 4 is 27.3 Å². The van der Waals surface area contributed by atoms with Gasteiger partial charge in [-0.1, -0.05) is 54.0 Å². The lowest BCUT2D eigenvalue weighted by Crippen LogP contribution is -1.94. The molecule has 102 valence electrons. The van der Waals surface area contributed by atoms with E-state index in [0.29, 0.717) is 10.7 Å². The molecule has 0 aliphatic carbocycles. The van der Waals surface area contributed by atoms with Crippen molar-refractivity contribution in [2.24, 2.45) is 0 Å². The molecule has 0 radical (unpaired) electrons. The molecule has 1 heterocycles. The fourth-order valence-electron chi connectivity index (χ4n) is 2.12. The summed E-state index contributed by atoms with van der Waals surface area (Å²) in [5.41, 5.74) is 4.17. The third-order valence-corrected chi connectivity index (χ3v) is 6.39. The number of halogens is 1. The average molecular weight is 337 g/mol. The van der Waals surface area contributed by atoms with Gasteiger partial charge in [-0.25, -0.2) is 0 Å². The van der Waals surface area contributed by atoms with Crippen molar-refractivity contribution in [3.8, 4) is 0 Å². The zero-order valence-electron chi connectivity index (χ0n) is 12.0. The van der Waals surface area contributed by atoms with Crippen molar-refractivity contribution in [2.75, 3.05) is 0 Å².